The molecule has 1 heterocycles. The van der Waals surface area contributed by atoms with E-state index in [1.54, 1.807) is 0 Å². The second kappa shape index (κ2) is 8.64. The van der Waals surface area contributed by atoms with Crippen molar-refractivity contribution in [1.29, 1.82) is 0 Å². The van der Waals surface area contributed by atoms with Crippen LogP contribution in [0.3, 0.4) is 0 Å². The second-order valence-corrected chi connectivity index (χ2v) is 11.3. The molecular formula is C28H29N3O3S. The summed E-state index contributed by atoms with van der Waals surface area (Å²) in [6, 6.07) is 18.4. The molecule has 5 rings (SSSR count). The van der Waals surface area contributed by atoms with Gasteiger partial charge in [0.15, 0.2) is 0 Å². The van der Waals surface area contributed by atoms with Gasteiger partial charge in [0.25, 0.3) is 5.91 Å². The molecule has 3 aromatic carbocycles. The fourth-order valence-electron chi connectivity index (χ4n) is 4.42. The van der Waals surface area contributed by atoms with Crippen molar-refractivity contribution in [2.75, 3.05) is 0 Å². The molecule has 0 bridgehead atoms. The molecule has 0 aliphatic heterocycles. The lowest BCUT2D eigenvalue weighted by molar-refractivity contribution is 0.0523. The molecule has 1 aliphatic carbocycles. The Morgan fingerprint density at radius 3 is 2.57 bits per heavy atom. The van der Waals surface area contributed by atoms with E-state index >= 15 is 0 Å². The molecule has 0 saturated heterocycles. The number of rotatable bonds is 5. The minimum absolute atomic E-state index is 0.0868. The summed E-state index contributed by atoms with van der Waals surface area (Å²) >= 11 is 1.50. The van der Waals surface area contributed by atoms with Crippen LogP contribution in [0, 0.1) is 6.92 Å². The van der Waals surface area contributed by atoms with Gasteiger partial charge < -0.3 is 15.4 Å². The van der Waals surface area contributed by atoms with Crippen LogP contribution in [0.2, 0.25) is 0 Å². The maximum Gasteiger partial charge on any atom is 0.408 e. The third-order valence-electron chi connectivity index (χ3n) is 6.21. The molecule has 180 valence electrons. The Labute approximate surface area is 208 Å². The summed E-state index contributed by atoms with van der Waals surface area (Å²) in [5.74, 6) is -0.0868. The van der Waals surface area contributed by atoms with Crippen LogP contribution in [0.25, 0.3) is 21.0 Å². The maximum absolute atomic E-state index is 13.4. The summed E-state index contributed by atoms with van der Waals surface area (Å²) in [6.45, 7) is 7.70. The highest BCUT2D eigenvalue weighted by atomic mass is 32.1. The SMILES string of the molecule is Cc1cc2sc(CNC(=O)OC(C)(C)C)nc2cc1C(=O)NC1(c2cccc3ccccc23)CC1. The van der Waals surface area contributed by atoms with Crippen LogP contribution in [0.4, 0.5) is 4.79 Å². The van der Waals surface area contributed by atoms with Crippen molar-refractivity contribution in [2.45, 2.75) is 58.2 Å². The second-order valence-electron chi connectivity index (χ2n) is 10.2. The van der Waals surface area contributed by atoms with E-state index in [0.717, 1.165) is 33.6 Å². The molecule has 2 amide bonds. The summed E-state index contributed by atoms with van der Waals surface area (Å²) in [7, 11) is 0. The summed E-state index contributed by atoms with van der Waals surface area (Å²) in [6.07, 6.45) is 1.37. The molecule has 1 fully saturated rings. The first-order valence-corrected chi connectivity index (χ1v) is 12.6. The molecule has 0 atom stereocenters. The van der Waals surface area contributed by atoms with Crippen LogP contribution in [-0.2, 0) is 16.8 Å². The molecule has 1 aliphatic rings. The van der Waals surface area contributed by atoms with Crippen molar-refractivity contribution in [1.82, 2.24) is 15.6 Å². The summed E-state index contributed by atoms with van der Waals surface area (Å²) in [4.78, 5) is 30.0. The Morgan fingerprint density at radius 1 is 1.09 bits per heavy atom. The molecule has 4 aromatic rings. The van der Waals surface area contributed by atoms with Gasteiger partial charge in [-0.1, -0.05) is 42.5 Å². The third-order valence-corrected chi connectivity index (χ3v) is 7.23. The highest BCUT2D eigenvalue weighted by Crippen LogP contribution is 2.48. The molecule has 35 heavy (non-hydrogen) atoms. The van der Waals surface area contributed by atoms with Gasteiger partial charge in [-0.05, 0) is 74.6 Å². The van der Waals surface area contributed by atoms with E-state index in [4.69, 9.17) is 4.74 Å². The Morgan fingerprint density at radius 2 is 1.83 bits per heavy atom. The van der Waals surface area contributed by atoms with Gasteiger partial charge in [0.2, 0.25) is 0 Å². The first-order valence-electron chi connectivity index (χ1n) is 11.8. The van der Waals surface area contributed by atoms with Gasteiger partial charge in [-0.25, -0.2) is 9.78 Å². The number of benzene rings is 3. The molecule has 0 spiro atoms. The van der Waals surface area contributed by atoms with E-state index in [9.17, 15) is 9.59 Å². The zero-order valence-corrected chi connectivity index (χ0v) is 21.2. The lowest BCUT2D eigenvalue weighted by Crippen LogP contribution is -2.35. The van der Waals surface area contributed by atoms with Gasteiger partial charge in [0.05, 0.1) is 22.3 Å². The van der Waals surface area contributed by atoms with E-state index in [1.807, 2.05) is 52.0 Å². The fourth-order valence-corrected chi connectivity index (χ4v) is 5.41. The van der Waals surface area contributed by atoms with Crippen LogP contribution in [0.15, 0.2) is 54.6 Å². The van der Waals surface area contributed by atoms with E-state index in [0.29, 0.717) is 5.56 Å². The number of ether oxygens (including phenoxy) is 1. The number of hydrogen-bond acceptors (Lipinski definition) is 5. The molecule has 1 saturated carbocycles. The molecule has 0 unspecified atom stereocenters. The Kier molecular flexibility index (Phi) is 5.75. The number of carbonyl (C=O) groups is 2. The lowest BCUT2D eigenvalue weighted by Gasteiger charge is -2.21. The smallest absolute Gasteiger partial charge is 0.408 e. The predicted octanol–water partition coefficient (Wildman–Crippen LogP) is 6.20. The van der Waals surface area contributed by atoms with Gasteiger partial charge in [0.1, 0.15) is 10.6 Å². The first-order chi connectivity index (χ1) is 16.6. The highest BCUT2D eigenvalue weighted by molar-refractivity contribution is 7.18. The molecular weight excluding hydrogens is 458 g/mol. The van der Waals surface area contributed by atoms with Crippen molar-refractivity contribution in [3.05, 3.63) is 76.3 Å². The predicted molar refractivity (Wildman–Crippen MR) is 140 cm³/mol. The normalized spacial score (nSPS) is 14.6. The van der Waals surface area contributed by atoms with Gasteiger partial charge in [-0.2, -0.15) is 0 Å². The number of thiazole rings is 1. The van der Waals surface area contributed by atoms with Crippen molar-refractivity contribution in [3.8, 4) is 0 Å². The van der Waals surface area contributed by atoms with Gasteiger partial charge in [-0.3, -0.25) is 4.79 Å². The van der Waals surface area contributed by atoms with E-state index in [-0.39, 0.29) is 18.0 Å². The van der Waals surface area contributed by atoms with Crippen LogP contribution in [0.5, 0.6) is 0 Å². The van der Waals surface area contributed by atoms with Gasteiger partial charge in [-0.15, -0.1) is 11.3 Å². The number of carbonyl (C=O) groups excluding carboxylic acids is 2. The molecule has 7 heteroatoms. The number of alkyl carbamates (subject to hydrolysis) is 1. The van der Waals surface area contributed by atoms with E-state index in [1.165, 1.54) is 27.7 Å². The lowest BCUT2D eigenvalue weighted by atomic mass is 9.96. The molecule has 1 aromatic heterocycles. The van der Waals surface area contributed by atoms with Crippen molar-refractivity contribution in [2.24, 2.45) is 0 Å². The topological polar surface area (TPSA) is 80.3 Å². The van der Waals surface area contributed by atoms with Crippen molar-refractivity contribution in [3.63, 3.8) is 0 Å². The Bertz CT molecular complexity index is 1440. The van der Waals surface area contributed by atoms with E-state index in [2.05, 4.69) is 45.9 Å². The van der Waals surface area contributed by atoms with Gasteiger partial charge >= 0.3 is 6.09 Å². The van der Waals surface area contributed by atoms with E-state index < -0.39 is 11.7 Å². The average molecular weight is 488 g/mol. The van der Waals surface area contributed by atoms with Crippen LogP contribution < -0.4 is 10.6 Å². The number of aryl methyl sites for hydroxylation is 1. The zero-order valence-electron chi connectivity index (χ0n) is 20.4. The zero-order chi connectivity index (χ0) is 24.8. The monoisotopic (exact) mass is 487 g/mol. The largest absolute Gasteiger partial charge is 0.444 e. The van der Waals surface area contributed by atoms with Gasteiger partial charge in [0, 0.05) is 5.56 Å². The van der Waals surface area contributed by atoms with Crippen molar-refractivity contribution < 1.29 is 14.3 Å². The van der Waals surface area contributed by atoms with Crippen LogP contribution in [0.1, 0.15) is 60.1 Å². The standard InChI is InChI=1S/C28H29N3O3S/c1-17-14-23-22(30-24(35-23)16-29-26(33)34-27(2,3)4)15-20(17)25(32)31-28(12-13-28)21-11-7-9-18-8-5-6-10-19(18)21/h5-11,14-15H,12-13,16H2,1-4H3,(H,29,33)(H,31,32). The molecule has 2 N–H and O–H groups in total. The number of nitrogens with one attached hydrogen (secondary N) is 2. The Hall–Kier alpha value is -3.45. The summed E-state index contributed by atoms with van der Waals surface area (Å²) in [5, 5.41) is 9.20. The first kappa shape index (κ1) is 23.3. The minimum atomic E-state index is -0.554. The van der Waals surface area contributed by atoms with Crippen molar-refractivity contribution >= 4 is 44.3 Å². The molecule has 0 radical (unpaired) electrons. The third kappa shape index (κ3) is 4.86. The number of amides is 2. The number of nitrogens with zero attached hydrogens (tertiary/aromatic N) is 1. The number of hydrogen-bond donors (Lipinski definition) is 2. The van der Waals surface area contributed by atoms with Crippen LogP contribution >= 0.6 is 11.3 Å². The minimum Gasteiger partial charge on any atom is -0.444 e. The number of fused-ring (bicyclic) bond motifs is 2. The fraction of sp³-hybridized carbons (Fsp3) is 0.321. The highest BCUT2D eigenvalue weighted by Gasteiger charge is 2.46. The Balaban J connectivity index is 1.35. The molecule has 6 nitrogen and oxygen atoms in total. The van der Waals surface area contributed by atoms with Crippen LogP contribution in [-0.4, -0.2) is 22.6 Å². The summed E-state index contributed by atoms with van der Waals surface area (Å²) < 4.78 is 6.27. The number of aromatic nitrogens is 1. The maximum atomic E-state index is 13.4. The quantitative estimate of drug-likeness (QED) is 0.351. The summed E-state index contributed by atoms with van der Waals surface area (Å²) in [5.41, 5.74) is 2.57. The average Bonchev–Trinajstić information content (AvgIpc) is 3.46.